The Balaban J connectivity index is 1.55. The average molecular weight is 615 g/mol. The first-order valence-electron chi connectivity index (χ1n) is 16.5. The van der Waals surface area contributed by atoms with E-state index in [1.807, 2.05) is 44.4 Å². The van der Waals surface area contributed by atoms with Gasteiger partial charge >= 0.3 is 0 Å². The molecule has 1 aromatic rings. The van der Waals surface area contributed by atoms with E-state index in [-0.39, 0.29) is 43.6 Å². The molecule has 0 saturated heterocycles. The van der Waals surface area contributed by atoms with Crippen LogP contribution < -0.4 is 22.1 Å². The summed E-state index contributed by atoms with van der Waals surface area (Å²) in [7, 11) is 0. The quantitative estimate of drug-likeness (QED) is 0.239. The average Bonchev–Trinajstić information content (AvgIpc) is 2.98. The summed E-state index contributed by atoms with van der Waals surface area (Å²) in [5, 5.41) is 5.58. The number of carbonyl (C=O) groups excluding carboxylic acids is 4. The Bertz CT molecular complexity index is 1150. The summed E-state index contributed by atoms with van der Waals surface area (Å²) in [6, 6.07) is 4.94. The van der Waals surface area contributed by atoms with Gasteiger partial charge in [-0.15, -0.1) is 0 Å². The Morgan fingerprint density at radius 2 is 1.70 bits per heavy atom. The Morgan fingerprint density at radius 1 is 1.05 bits per heavy atom. The number of primary amides is 1. The Morgan fingerprint density at radius 3 is 2.28 bits per heavy atom. The monoisotopic (exact) mass is 614 g/mol. The second-order valence-corrected chi connectivity index (χ2v) is 14.4. The van der Waals surface area contributed by atoms with E-state index in [9.17, 15) is 19.2 Å². The van der Waals surface area contributed by atoms with Crippen LogP contribution >= 0.6 is 11.8 Å². The van der Waals surface area contributed by atoms with E-state index in [1.54, 1.807) is 16.7 Å². The molecule has 4 saturated carbocycles. The maximum Gasteiger partial charge on any atom is 0.243 e. The first kappa shape index (κ1) is 31.8. The number of carbonyl (C=O) groups is 4. The molecule has 0 radical (unpaired) electrons. The number of amides is 4. The van der Waals surface area contributed by atoms with Gasteiger partial charge in [0.1, 0.15) is 12.1 Å². The van der Waals surface area contributed by atoms with Crippen molar-refractivity contribution in [3.63, 3.8) is 0 Å². The van der Waals surface area contributed by atoms with Crippen LogP contribution in [-0.2, 0) is 25.6 Å². The Kier molecular flexibility index (Phi) is 11.0. The minimum Gasteiger partial charge on any atom is -0.368 e. The summed E-state index contributed by atoms with van der Waals surface area (Å²) in [6.07, 6.45) is 8.48. The number of nitrogens with one attached hydrogen (secondary N) is 2. The summed E-state index contributed by atoms with van der Waals surface area (Å²) in [5.74, 6) is 1.07. The molecule has 4 bridgehead atoms. The van der Waals surface area contributed by atoms with Gasteiger partial charge < -0.3 is 27.0 Å². The van der Waals surface area contributed by atoms with E-state index in [0.29, 0.717) is 42.3 Å². The molecule has 4 amide bonds. The molecule has 4 aliphatic carbocycles. The summed E-state index contributed by atoms with van der Waals surface area (Å²) >= 11 is 1.56. The highest BCUT2D eigenvalue weighted by molar-refractivity contribution is 7.98. The summed E-state index contributed by atoms with van der Waals surface area (Å²) < 4.78 is 7.98. The molecule has 0 aliphatic heterocycles. The van der Waals surface area contributed by atoms with E-state index in [4.69, 9.17) is 12.8 Å². The fourth-order valence-electron chi connectivity index (χ4n) is 7.97. The van der Waals surface area contributed by atoms with Crippen LogP contribution in [0.25, 0.3) is 0 Å². The molecular formula is C33H51N5O4S. The van der Waals surface area contributed by atoms with Crippen molar-refractivity contribution in [1.29, 1.82) is 0 Å². The number of rotatable bonds is 15. The van der Waals surface area contributed by atoms with Gasteiger partial charge in [0.2, 0.25) is 23.6 Å². The van der Waals surface area contributed by atoms with Gasteiger partial charge in [0.05, 0.1) is 12.6 Å². The number of thioether (sulfide) groups is 1. The largest absolute Gasteiger partial charge is 0.368 e. The highest BCUT2D eigenvalue weighted by Gasteiger charge is 2.52. The molecular weight excluding hydrogens is 562 g/mol. The number of hydrogen-bond donors (Lipinski definition) is 4. The number of nitrogens with two attached hydrogens (primary N) is 2. The first-order valence-corrected chi connectivity index (χ1v) is 17.2. The zero-order chi connectivity index (χ0) is 32.0. The molecule has 10 heteroatoms. The van der Waals surface area contributed by atoms with E-state index < -0.39 is 29.9 Å². The lowest BCUT2D eigenvalue weighted by Crippen LogP contribution is -2.64. The number of benzene rings is 1. The van der Waals surface area contributed by atoms with Crippen molar-refractivity contribution in [2.24, 2.45) is 41.1 Å². The van der Waals surface area contributed by atoms with Gasteiger partial charge in [-0.1, -0.05) is 38.1 Å². The van der Waals surface area contributed by atoms with Gasteiger partial charge in [-0.2, -0.15) is 11.8 Å². The molecule has 4 aliphatic rings. The summed E-state index contributed by atoms with van der Waals surface area (Å²) in [5.41, 5.74) is 13.8. The molecule has 1 aromatic carbocycles. The summed E-state index contributed by atoms with van der Waals surface area (Å²) in [4.78, 5) is 55.2. The van der Waals surface area contributed by atoms with Crippen LogP contribution in [0.2, 0.25) is 0 Å². The molecule has 6 N–H and O–H groups in total. The van der Waals surface area contributed by atoms with Crippen molar-refractivity contribution in [3.05, 3.63) is 35.4 Å². The first-order chi connectivity index (χ1) is 21.0. The Labute approximate surface area is 262 Å². The lowest BCUT2D eigenvalue weighted by molar-refractivity contribution is -0.153. The lowest BCUT2D eigenvalue weighted by atomic mass is 9.53. The van der Waals surface area contributed by atoms with Crippen LogP contribution in [0.15, 0.2) is 24.3 Å². The van der Waals surface area contributed by atoms with Crippen molar-refractivity contribution < 1.29 is 20.5 Å². The summed E-state index contributed by atoms with van der Waals surface area (Å²) in [6.45, 7) is 3.73. The van der Waals surface area contributed by atoms with E-state index in [1.165, 1.54) is 6.42 Å². The standard InChI is InChI=1S/C33H51N5O4S/c1-19(2)11-26(34)32(41)37-27(9-10-43-4)33(42)36-18-29(39)38(28(31(35)40)17-23-8-6-5-7-20(23)3)30-24-13-21-12-22(15-24)16-25(30)14-21/h5-8,19,21-22,24-28,30H,9-18,34H2,1-4H3,(H2,35,40)(H,36,42)(H,37,41)/t21?,22?,24?,25?,26-,27+,28-,30?/m0/s1/i3D. The van der Waals surface area contributed by atoms with Gasteiger partial charge in [-0.25, -0.2) is 0 Å². The molecule has 9 nitrogen and oxygen atoms in total. The van der Waals surface area contributed by atoms with Crippen LogP contribution in [-0.4, -0.2) is 71.2 Å². The third kappa shape index (κ3) is 8.32. The number of aryl methyl sites for hydroxylation is 1. The van der Waals surface area contributed by atoms with Crippen molar-refractivity contribution in [3.8, 4) is 0 Å². The molecule has 3 atom stereocenters. The van der Waals surface area contributed by atoms with Crippen LogP contribution in [0.4, 0.5) is 0 Å². The zero-order valence-electron chi connectivity index (χ0n) is 26.9. The SMILES string of the molecule is [2H]Cc1ccccc1C[C@@H](C(N)=O)N(C(=O)CNC(=O)[C@@H](CCSC)NC(=O)[C@@H](N)CC(C)C)C1C2CC3CC(C2)CC1C3. The van der Waals surface area contributed by atoms with Gasteiger partial charge in [0.25, 0.3) is 0 Å². The third-order valence-corrected chi connectivity index (χ3v) is 10.3. The van der Waals surface area contributed by atoms with Crippen molar-refractivity contribution >= 4 is 35.4 Å². The fourth-order valence-corrected chi connectivity index (χ4v) is 8.45. The van der Waals surface area contributed by atoms with Crippen LogP contribution in [0, 0.1) is 36.5 Å². The van der Waals surface area contributed by atoms with Crippen molar-refractivity contribution in [1.82, 2.24) is 15.5 Å². The zero-order valence-corrected chi connectivity index (χ0v) is 26.7. The van der Waals surface area contributed by atoms with E-state index in [0.717, 1.165) is 36.8 Å². The normalized spacial score (nSPS) is 26.3. The predicted molar refractivity (Wildman–Crippen MR) is 171 cm³/mol. The third-order valence-electron chi connectivity index (χ3n) is 9.70. The second kappa shape index (κ2) is 14.9. The fraction of sp³-hybridized carbons (Fsp3) is 0.697. The highest BCUT2D eigenvalue weighted by Crippen LogP contribution is 2.55. The highest BCUT2D eigenvalue weighted by atomic mass is 32.2. The Hall–Kier alpha value is -2.59. The maximum atomic E-state index is 14.2. The molecule has 238 valence electrons. The maximum absolute atomic E-state index is 14.2. The van der Waals surface area contributed by atoms with E-state index in [2.05, 4.69) is 10.6 Å². The van der Waals surface area contributed by atoms with Crippen molar-refractivity contribution in [2.75, 3.05) is 18.6 Å². The molecule has 43 heavy (non-hydrogen) atoms. The number of hydrogen-bond acceptors (Lipinski definition) is 6. The lowest BCUT2D eigenvalue weighted by Gasteiger charge is -2.58. The second-order valence-electron chi connectivity index (χ2n) is 13.4. The van der Waals surface area contributed by atoms with Gasteiger partial charge in [0, 0.05) is 13.8 Å². The van der Waals surface area contributed by atoms with Gasteiger partial charge in [0.15, 0.2) is 0 Å². The molecule has 0 aromatic heterocycles. The van der Waals surface area contributed by atoms with Gasteiger partial charge in [-0.05, 0) is 105 Å². The molecule has 0 unspecified atom stereocenters. The van der Waals surface area contributed by atoms with Crippen LogP contribution in [0.1, 0.15) is 71.3 Å². The minimum atomic E-state index is -0.893. The smallest absolute Gasteiger partial charge is 0.243 e. The molecule has 0 heterocycles. The van der Waals surface area contributed by atoms with E-state index >= 15 is 0 Å². The number of nitrogens with zero attached hydrogens (tertiary/aromatic N) is 1. The molecule has 5 rings (SSSR count). The molecule has 0 spiro atoms. The minimum absolute atomic E-state index is 0.0632. The predicted octanol–water partition coefficient (Wildman–Crippen LogP) is 2.77. The molecule has 4 fully saturated rings. The van der Waals surface area contributed by atoms with Gasteiger partial charge in [-0.3, -0.25) is 19.2 Å². The van der Waals surface area contributed by atoms with Crippen LogP contribution in [0.5, 0.6) is 0 Å². The van der Waals surface area contributed by atoms with Crippen LogP contribution in [0.3, 0.4) is 0 Å². The topological polar surface area (TPSA) is 148 Å². The van der Waals surface area contributed by atoms with Crippen molar-refractivity contribution in [2.45, 2.75) is 96.3 Å².